The van der Waals surface area contributed by atoms with Crippen LogP contribution in [0.3, 0.4) is 0 Å². The Morgan fingerprint density at radius 3 is 2.43 bits per heavy atom. The van der Waals surface area contributed by atoms with Crippen LogP contribution in [-0.2, 0) is 19.1 Å². The van der Waals surface area contributed by atoms with Crippen LogP contribution in [0.4, 0.5) is 5.69 Å². The summed E-state index contributed by atoms with van der Waals surface area (Å²) >= 11 is 0. The molecule has 0 aromatic heterocycles. The molecule has 1 aromatic rings. The molecule has 0 bridgehead atoms. The Labute approximate surface area is 167 Å². The number of carbonyl (C=O) groups excluding carboxylic acids is 3. The van der Waals surface area contributed by atoms with Crippen LogP contribution in [0, 0.1) is 5.92 Å². The number of amides is 2. The van der Waals surface area contributed by atoms with Crippen molar-refractivity contribution in [3.63, 3.8) is 0 Å². The Bertz CT molecular complexity index is 627. The topological polar surface area (TPSA) is 84.5 Å². The van der Waals surface area contributed by atoms with Gasteiger partial charge in [-0.2, -0.15) is 0 Å². The summed E-state index contributed by atoms with van der Waals surface area (Å²) in [5.74, 6) is -0.408. The second-order valence-electron chi connectivity index (χ2n) is 7.43. The number of ether oxygens (including phenoxy) is 1. The molecule has 1 saturated carbocycles. The van der Waals surface area contributed by atoms with Gasteiger partial charge in [-0.15, -0.1) is 0 Å². The summed E-state index contributed by atoms with van der Waals surface area (Å²) in [6.07, 6.45) is 8.36. The van der Waals surface area contributed by atoms with Crippen LogP contribution in [0.25, 0.3) is 0 Å². The molecule has 1 atom stereocenters. The third-order valence-electron chi connectivity index (χ3n) is 5.25. The molecular weight excluding hydrogens is 356 g/mol. The summed E-state index contributed by atoms with van der Waals surface area (Å²) in [5.41, 5.74) is 0.718. The molecule has 1 fully saturated rings. The molecule has 154 valence electrons. The summed E-state index contributed by atoms with van der Waals surface area (Å²) in [7, 11) is 1.38. The van der Waals surface area contributed by atoms with Crippen molar-refractivity contribution in [3.8, 4) is 0 Å². The average molecular weight is 389 g/mol. The van der Waals surface area contributed by atoms with E-state index in [0.29, 0.717) is 12.8 Å². The molecular formula is C22H32N2O4. The second kappa shape index (κ2) is 12.2. The molecule has 0 saturated heterocycles. The highest BCUT2D eigenvalue weighted by atomic mass is 16.5. The fourth-order valence-electron chi connectivity index (χ4n) is 3.57. The Morgan fingerprint density at radius 2 is 1.75 bits per heavy atom. The van der Waals surface area contributed by atoms with E-state index in [2.05, 4.69) is 15.4 Å². The van der Waals surface area contributed by atoms with Gasteiger partial charge in [-0.25, -0.2) is 0 Å². The van der Waals surface area contributed by atoms with Crippen LogP contribution >= 0.6 is 0 Å². The van der Waals surface area contributed by atoms with Crippen LogP contribution in [0.5, 0.6) is 0 Å². The highest BCUT2D eigenvalue weighted by Gasteiger charge is 2.26. The molecule has 28 heavy (non-hydrogen) atoms. The van der Waals surface area contributed by atoms with E-state index in [0.717, 1.165) is 50.6 Å². The summed E-state index contributed by atoms with van der Waals surface area (Å²) in [6.45, 7) is 0. The fraction of sp³-hybridized carbons (Fsp3) is 0.591. The molecule has 0 heterocycles. The Kier molecular flexibility index (Phi) is 9.52. The predicted molar refractivity (Wildman–Crippen MR) is 109 cm³/mol. The van der Waals surface area contributed by atoms with E-state index >= 15 is 0 Å². The maximum absolute atomic E-state index is 12.7. The minimum Gasteiger partial charge on any atom is -0.469 e. The molecule has 1 aliphatic carbocycles. The number of anilines is 1. The van der Waals surface area contributed by atoms with Crippen molar-refractivity contribution < 1.29 is 19.1 Å². The number of para-hydroxylation sites is 1. The van der Waals surface area contributed by atoms with Gasteiger partial charge >= 0.3 is 5.97 Å². The summed E-state index contributed by atoms with van der Waals surface area (Å²) in [5, 5.41) is 5.87. The number of esters is 1. The van der Waals surface area contributed by atoms with E-state index in [1.165, 1.54) is 13.5 Å². The SMILES string of the molecule is COC(=O)CCCCC[C@H](NC(=O)C1CCCCC1)C(=O)Nc1ccccc1. The van der Waals surface area contributed by atoms with Crippen LogP contribution in [0.2, 0.25) is 0 Å². The van der Waals surface area contributed by atoms with Gasteiger partial charge in [0.25, 0.3) is 0 Å². The molecule has 0 unspecified atom stereocenters. The quantitative estimate of drug-likeness (QED) is 0.471. The van der Waals surface area contributed by atoms with Gasteiger partial charge < -0.3 is 15.4 Å². The number of carbonyl (C=O) groups is 3. The van der Waals surface area contributed by atoms with E-state index in [9.17, 15) is 14.4 Å². The van der Waals surface area contributed by atoms with Crippen molar-refractivity contribution in [1.82, 2.24) is 5.32 Å². The van der Waals surface area contributed by atoms with E-state index < -0.39 is 6.04 Å². The zero-order valence-corrected chi connectivity index (χ0v) is 16.7. The van der Waals surface area contributed by atoms with Gasteiger partial charge in [-0.1, -0.05) is 50.3 Å². The van der Waals surface area contributed by atoms with Crippen molar-refractivity contribution in [2.75, 3.05) is 12.4 Å². The van der Waals surface area contributed by atoms with Crippen LogP contribution in [0.1, 0.15) is 64.2 Å². The van der Waals surface area contributed by atoms with Crippen molar-refractivity contribution in [2.45, 2.75) is 70.3 Å². The highest BCUT2D eigenvalue weighted by Crippen LogP contribution is 2.24. The summed E-state index contributed by atoms with van der Waals surface area (Å²) in [6, 6.07) is 8.70. The summed E-state index contributed by atoms with van der Waals surface area (Å²) < 4.78 is 4.64. The number of methoxy groups -OCH3 is 1. The minimum atomic E-state index is -0.562. The van der Waals surface area contributed by atoms with Crippen molar-refractivity contribution >= 4 is 23.5 Å². The minimum absolute atomic E-state index is 0.0116. The second-order valence-corrected chi connectivity index (χ2v) is 7.43. The lowest BCUT2D eigenvalue weighted by molar-refractivity contribution is -0.140. The average Bonchev–Trinajstić information content (AvgIpc) is 2.73. The monoisotopic (exact) mass is 388 g/mol. The van der Waals surface area contributed by atoms with Crippen LogP contribution < -0.4 is 10.6 Å². The van der Waals surface area contributed by atoms with Crippen molar-refractivity contribution in [2.24, 2.45) is 5.92 Å². The zero-order chi connectivity index (χ0) is 20.2. The van der Waals surface area contributed by atoms with Crippen LogP contribution in [-0.4, -0.2) is 30.9 Å². The number of hydrogen-bond donors (Lipinski definition) is 2. The molecule has 2 rings (SSSR count). The van der Waals surface area contributed by atoms with E-state index in [-0.39, 0.29) is 23.7 Å². The zero-order valence-electron chi connectivity index (χ0n) is 16.7. The number of rotatable bonds is 10. The number of unbranched alkanes of at least 4 members (excludes halogenated alkanes) is 2. The van der Waals surface area contributed by atoms with Gasteiger partial charge in [0.15, 0.2) is 0 Å². The summed E-state index contributed by atoms with van der Waals surface area (Å²) in [4.78, 5) is 36.6. The van der Waals surface area contributed by atoms with Crippen molar-refractivity contribution in [3.05, 3.63) is 30.3 Å². The molecule has 0 aliphatic heterocycles. The first-order valence-electron chi connectivity index (χ1n) is 10.3. The normalized spacial score (nSPS) is 15.5. The third-order valence-corrected chi connectivity index (χ3v) is 5.25. The van der Waals surface area contributed by atoms with Gasteiger partial charge in [0.05, 0.1) is 7.11 Å². The van der Waals surface area contributed by atoms with Gasteiger partial charge in [0.2, 0.25) is 11.8 Å². The molecule has 2 N–H and O–H groups in total. The van der Waals surface area contributed by atoms with Crippen molar-refractivity contribution in [1.29, 1.82) is 0 Å². The Balaban J connectivity index is 1.89. The standard InChI is InChI=1S/C22H32N2O4/c1-28-20(25)16-10-4-9-15-19(22(27)23-18-13-7-3-8-14-18)24-21(26)17-11-5-2-6-12-17/h3,7-8,13-14,17,19H,2,4-6,9-12,15-16H2,1H3,(H,23,27)(H,24,26)/t19-/m0/s1. The predicted octanol–water partition coefficient (Wildman–Crippen LogP) is 3.81. The first-order chi connectivity index (χ1) is 13.6. The number of hydrogen-bond acceptors (Lipinski definition) is 4. The molecule has 1 aliphatic rings. The Morgan fingerprint density at radius 1 is 1.04 bits per heavy atom. The first kappa shape index (κ1) is 21.9. The molecule has 0 spiro atoms. The smallest absolute Gasteiger partial charge is 0.305 e. The van der Waals surface area contributed by atoms with Gasteiger partial charge in [-0.05, 0) is 37.8 Å². The third kappa shape index (κ3) is 7.71. The van der Waals surface area contributed by atoms with Gasteiger partial charge in [0.1, 0.15) is 6.04 Å². The number of benzene rings is 1. The van der Waals surface area contributed by atoms with E-state index in [4.69, 9.17) is 0 Å². The lowest BCUT2D eigenvalue weighted by Gasteiger charge is -2.24. The number of nitrogens with one attached hydrogen (secondary N) is 2. The molecule has 1 aromatic carbocycles. The lowest BCUT2D eigenvalue weighted by Crippen LogP contribution is -2.46. The molecule has 6 nitrogen and oxygen atoms in total. The maximum Gasteiger partial charge on any atom is 0.305 e. The molecule has 6 heteroatoms. The fourth-order valence-corrected chi connectivity index (χ4v) is 3.57. The van der Waals surface area contributed by atoms with Gasteiger partial charge in [0, 0.05) is 18.0 Å². The van der Waals surface area contributed by atoms with Gasteiger partial charge in [-0.3, -0.25) is 14.4 Å². The largest absolute Gasteiger partial charge is 0.469 e. The van der Waals surface area contributed by atoms with E-state index in [1.54, 1.807) is 0 Å². The molecule has 2 amide bonds. The van der Waals surface area contributed by atoms with E-state index in [1.807, 2.05) is 30.3 Å². The maximum atomic E-state index is 12.7. The molecule has 0 radical (unpaired) electrons. The lowest BCUT2D eigenvalue weighted by atomic mass is 9.88. The highest BCUT2D eigenvalue weighted by molar-refractivity contribution is 5.97. The first-order valence-corrected chi connectivity index (χ1v) is 10.3. The van der Waals surface area contributed by atoms with Crippen LogP contribution in [0.15, 0.2) is 30.3 Å². The Hall–Kier alpha value is -2.37.